The summed E-state index contributed by atoms with van der Waals surface area (Å²) < 4.78 is 24.9. The summed E-state index contributed by atoms with van der Waals surface area (Å²) in [6.07, 6.45) is 8.60. The maximum absolute atomic E-state index is 16.4. The number of phenolic OH excluding ortho intramolecular Hbond substituents is 1. The molecule has 16 heteroatoms. The standard InChI is InChI=1S/C46H51FN10O5/c47-46(28-53-16-11-32(12-17-53)57-26-36(29-5-6-29)35-23-33(25-49-43(35)57)56-18-13-41(59)50-45(56)61)14-19-54(20-15-46)44(60)31-9-7-30(8-10-31)40-27-55(21-22-62-40)38-24-37(51-52-42(38)48)34-3-1-2-4-39(34)58/h1-4,7-10,23-26,29,32,40,58H,5-6,11-22,27-28H2,(H2,48,52)(H,50,59,61)/t40-/m0/s1. The van der Waals surface area contributed by atoms with Crippen LogP contribution in [-0.4, -0.2) is 117 Å². The summed E-state index contributed by atoms with van der Waals surface area (Å²) in [5.41, 5.74) is 11.1. The molecule has 4 N–H and O–H groups in total. The molecule has 5 fully saturated rings. The first-order chi connectivity index (χ1) is 30.1. The molecule has 62 heavy (non-hydrogen) atoms. The van der Waals surface area contributed by atoms with Gasteiger partial charge in [-0.2, -0.15) is 0 Å². The van der Waals surface area contributed by atoms with E-state index in [-0.39, 0.29) is 36.1 Å². The third-order valence-electron chi connectivity index (χ3n) is 13.4. The number of nitrogens with zero attached hydrogens (tertiary/aromatic N) is 8. The number of rotatable bonds is 9. The number of amides is 4. The van der Waals surface area contributed by atoms with Crippen LogP contribution in [0.1, 0.15) is 84.5 Å². The van der Waals surface area contributed by atoms with Gasteiger partial charge in [-0.15, -0.1) is 10.2 Å². The van der Waals surface area contributed by atoms with E-state index in [0.29, 0.717) is 98.6 Å². The molecule has 5 aromatic rings. The lowest BCUT2D eigenvalue weighted by molar-refractivity contribution is -0.120. The molecule has 2 aromatic carbocycles. The highest BCUT2D eigenvalue weighted by molar-refractivity contribution is 6.06. The number of benzene rings is 2. The van der Waals surface area contributed by atoms with Crippen LogP contribution >= 0.6 is 0 Å². The fourth-order valence-corrected chi connectivity index (χ4v) is 9.69. The zero-order chi connectivity index (χ0) is 42.5. The van der Waals surface area contributed by atoms with Crippen molar-refractivity contribution in [2.24, 2.45) is 0 Å². The fourth-order valence-electron chi connectivity index (χ4n) is 9.69. The Bertz CT molecular complexity index is 2510. The number of para-hydroxylation sites is 1. The van der Waals surface area contributed by atoms with Crippen molar-refractivity contribution >= 4 is 46.1 Å². The van der Waals surface area contributed by atoms with Crippen LogP contribution in [0.3, 0.4) is 0 Å². The van der Waals surface area contributed by atoms with Crippen molar-refractivity contribution in [1.29, 1.82) is 0 Å². The lowest BCUT2D eigenvalue weighted by Crippen LogP contribution is -2.51. The largest absolute Gasteiger partial charge is 0.507 e. The molecule has 4 amide bonds. The van der Waals surface area contributed by atoms with Crippen LogP contribution in [-0.2, 0) is 9.53 Å². The van der Waals surface area contributed by atoms with Gasteiger partial charge in [-0.3, -0.25) is 19.8 Å². The number of urea groups is 1. The Labute approximate surface area is 358 Å². The molecular weight excluding hydrogens is 792 g/mol. The van der Waals surface area contributed by atoms with E-state index in [1.807, 2.05) is 42.5 Å². The van der Waals surface area contributed by atoms with Crippen LogP contribution in [0.4, 0.5) is 26.4 Å². The van der Waals surface area contributed by atoms with Gasteiger partial charge in [0.1, 0.15) is 23.2 Å². The van der Waals surface area contributed by atoms with Crippen molar-refractivity contribution < 1.29 is 28.6 Å². The number of imide groups is 1. The number of piperidine rings is 2. The highest BCUT2D eigenvalue weighted by Crippen LogP contribution is 2.46. The number of phenols is 1. The van der Waals surface area contributed by atoms with E-state index in [0.717, 1.165) is 55.4 Å². The molecule has 0 spiro atoms. The molecule has 0 bridgehead atoms. The van der Waals surface area contributed by atoms with E-state index >= 15 is 4.39 Å². The lowest BCUT2D eigenvalue weighted by Gasteiger charge is -2.41. The minimum absolute atomic E-state index is 0.0996. The van der Waals surface area contributed by atoms with Gasteiger partial charge in [-0.25, -0.2) is 14.2 Å². The molecule has 4 aliphatic heterocycles. The van der Waals surface area contributed by atoms with Gasteiger partial charge in [0.2, 0.25) is 5.91 Å². The normalized spacial score (nSPS) is 21.4. The first-order valence-corrected chi connectivity index (χ1v) is 21.8. The number of nitrogens with one attached hydrogen (secondary N) is 1. The predicted octanol–water partition coefficient (Wildman–Crippen LogP) is 5.96. The first-order valence-electron chi connectivity index (χ1n) is 21.8. The van der Waals surface area contributed by atoms with E-state index in [1.165, 1.54) is 5.56 Å². The van der Waals surface area contributed by atoms with Crippen molar-refractivity contribution in [2.45, 2.75) is 68.7 Å². The first kappa shape index (κ1) is 40.0. The number of aromatic hydroxyl groups is 1. The fraction of sp³-hybridized carbons (Fsp3) is 0.435. The molecule has 15 nitrogen and oxygen atoms in total. The molecule has 1 aliphatic carbocycles. The Kier molecular flexibility index (Phi) is 10.5. The molecule has 5 aliphatic rings. The summed E-state index contributed by atoms with van der Waals surface area (Å²) in [6, 6.07) is 18.2. The number of pyridine rings is 1. The van der Waals surface area contributed by atoms with Crippen molar-refractivity contribution in [2.75, 3.05) is 74.5 Å². The second-order valence-corrected chi connectivity index (χ2v) is 17.5. The molecule has 1 atom stereocenters. The molecule has 0 radical (unpaired) electrons. The number of ether oxygens (including phenoxy) is 1. The summed E-state index contributed by atoms with van der Waals surface area (Å²) in [4.78, 5) is 50.5. The summed E-state index contributed by atoms with van der Waals surface area (Å²) in [5, 5.41) is 22.2. The van der Waals surface area contributed by atoms with Gasteiger partial charge in [0.15, 0.2) is 5.82 Å². The van der Waals surface area contributed by atoms with Crippen molar-refractivity contribution in [3.63, 3.8) is 0 Å². The van der Waals surface area contributed by atoms with Gasteiger partial charge < -0.3 is 34.8 Å². The number of hydrogen-bond acceptors (Lipinski definition) is 11. The van der Waals surface area contributed by atoms with Gasteiger partial charge in [-0.05, 0) is 79.1 Å². The van der Waals surface area contributed by atoms with Gasteiger partial charge >= 0.3 is 6.03 Å². The smallest absolute Gasteiger partial charge is 0.328 e. The van der Waals surface area contributed by atoms with Crippen molar-refractivity contribution in [1.82, 2.24) is 34.9 Å². The third kappa shape index (κ3) is 7.92. The van der Waals surface area contributed by atoms with Crippen molar-refractivity contribution in [3.05, 3.63) is 89.7 Å². The van der Waals surface area contributed by atoms with Crippen LogP contribution in [0.2, 0.25) is 0 Å². The van der Waals surface area contributed by atoms with Crippen LogP contribution in [0, 0.1) is 0 Å². The number of alkyl halides is 1. The van der Waals surface area contributed by atoms with E-state index in [4.69, 9.17) is 15.5 Å². The van der Waals surface area contributed by atoms with E-state index < -0.39 is 11.7 Å². The van der Waals surface area contributed by atoms with E-state index in [9.17, 15) is 19.5 Å². The topological polar surface area (TPSA) is 175 Å². The number of nitrogens with two attached hydrogens (primary N) is 1. The molecule has 4 saturated heterocycles. The number of nitrogen functional groups attached to an aromatic ring is 1. The van der Waals surface area contributed by atoms with Crippen LogP contribution in [0.5, 0.6) is 5.75 Å². The number of fused-ring (bicyclic) bond motifs is 1. The Hall–Kier alpha value is -6.13. The zero-order valence-corrected chi connectivity index (χ0v) is 34.6. The molecule has 10 rings (SSSR count). The minimum atomic E-state index is -1.36. The number of anilines is 3. The van der Waals surface area contributed by atoms with Crippen LogP contribution in [0.25, 0.3) is 22.3 Å². The maximum atomic E-state index is 16.4. The second kappa shape index (κ2) is 16.3. The Balaban J connectivity index is 0.727. The second-order valence-electron chi connectivity index (χ2n) is 17.5. The molecule has 322 valence electrons. The summed E-state index contributed by atoms with van der Waals surface area (Å²) >= 11 is 0. The average molecular weight is 843 g/mol. The van der Waals surface area contributed by atoms with Crippen LogP contribution < -0.4 is 20.9 Å². The highest BCUT2D eigenvalue weighted by Gasteiger charge is 2.39. The summed E-state index contributed by atoms with van der Waals surface area (Å²) in [6.45, 7) is 4.55. The number of carbonyl (C=O) groups is 3. The number of carbonyl (C=O) groups excluding carboxylic acids is 3. The number of likely N-dealkylation sites (tertiary alicyclic amines) is 2. The zero-order valence-electron chi connectivity index (χ0n) is 34.6. The van der Waals surface area contributed by atoms with Crippen molar-refractivity contribution in [3.8, 4) is 17.0 Å². The Morgan fingerprint density at radius 1 is 0.952 bits per heavy atom. The molecular formula is C46H51FN10O5. The molecule has 0 unspecified atom stereocenters. The van der Waals surface area contributed by atoms with Gasteiger partial charge in [0.05, 0.1) is 29.9 Å². The van der Waals surface area contributed by atoms with E-state index in [1.54, 1.807) is 34.2 Å². The quantitative estimate of drug-likeness (QED) is 0.160. The maximum Gasteiger partial charge on any atom is 0.328 e. The summed E-state index contributed by atoms with van der Waals surface area (Å²) in [7, 11) is 0. The van der Waals surface area contributed by atoms with E-state index in [2.05, 4.69) is 36.1 Å². The molecule has 3 aromatic heterocycles. The Morgan fingerprint density at radius 2 is 1.73 bits per heavy atom. The number of hydrogen-bond donors (Lipinski definition) is 3. The molecule has 1 saturated carbocycles. The highest BCUT2D eigenvalue weighted by atomic mass is 19.1. The number of halogens is 1. The number of morpholine rings is 1. The predicted molar refractivity (Wildman–Crippen MR) is 232 cm³/mol. The van der Waals surface area contributed by atoms with Crippen LogP contribution in [0.15, 0.2) is 73.1 Å². The minimum Gasteiger partial charge on any atom is -0.507 e. The average Bonchev–Trinajstić information content (AvgIpc) is 4.07. The SMILES string of the molecule is Nc1nnc(-c2ccccc2O)cc1N1CCO[C@H](c2ccc(C(=O)N3CCC(F)(CN4CCC(n5cc(C6CC6)c6cc(N7CCC(=O)NC7=O)cnc65)CC4)CC3)cc2)C1. The van der Waals surface area contributed by atoms with Gasteiger partial charge in [-0.1, -0.05) is 24.3 Å². The van der Waals surface area contributed by atoms with Gasteiger partial charge in [0.25, 0.3) is 5.91 Å². The molecule has 7 heterocycles. The monoisotopic (exact) mass is 842 g/mol. The third-order valence-corrected chi connectivity index (χ3v) is 13.4. The number of aromatic nitrogens is 4. The lowest BCUT2D eigenvalue weighted by atomic mass is 9.91. The Morgan fingerprint density at radius 3 is 2.47 bits per heavy atom. The summed E-state index contributed by atoms with van der Waals surface area (Å²) in [5.74, 6) is 0.536. The van der Waals surface area contributed by atoms with Gasteiger partial charge in [0, 0.05) is 100 Å².